The molecule has 1 aromatic heterocycles. The summed E-state index contributed by atoms with van der Waals surface area (Å²) in [5, 5.41) is 20.8. The van der Waals surface area contributed by atoms with E-state index in [0.717, 1.165) is 16.7 Å². The number of nitro benzene ring substituents is 1. The number of aromatic hydroxyl groups is 1. The topological polar surface area (TPSA) is 102 Å². The van der Waals surface area contributed by atoms with Crippen molar-refractivity contribution in [1.29, 1.82) is 0 Å². The van der Waals surface area contributed by atoms with Crippen LogP contribution in [0.15, 0.2) is 51.9 Å². The zero-order chi connectivity index (χ0) is 18.0. The summed E-state index contributed by atoms with van der Waals surface area (Å²) in [5.74, 6) is -0.0860. The highest BCUT2D eigenvalue weighted by Gasteiger charge is 2.13. The highest BCUT2D eigenvalue weighted by atomic mass is 16.6. The molecule has 0 aliphatic heterocycles. The summed E-state index contributed by atoms with van der Waals surface area (Å²) >= 11 is 0. The van der Waals surface area contributed by atoms with E-state index in [1.165, 1.54) is 18.3 Å². The minimum Gasteiger partial charge on any atom is -0.479 e. The second-order valence-corrected chi connectivity index (χ2v) is 5.56. The quantitative estimate of drug-likeness (QED) is 0.434. The highest BCUT2D eigenvalue weighted by molar-refractivity contribution is 5.83. The smallest absolute Gasteiger partial charge is 0.312 e. The van der Waals surface area contributed by atoms with Crippen molar-refractivity contribution in [3.63, 3.8) is 0 Å². The largest absolute Gasteiger partial charge is 0.479 e. The van der Waals surface area contributed by atoms with Crippen LogP contribution in [0.3, 0.4) is 0 Å². The molecule has 0 unspecified atom stereocenters. The molecule has 0 aliphatic carbocycles. The van der Waals surface area contributed by atoms with Crippen molar-refractivity contribution in [2.75, 3.05) is 0 Å². The number of hydrogen-bond acceptors (Lipinski definition) is 6. The summed E-state index contributed by atoms with van der Waals surface area (Å²) in [7, 11) is 0. The van der Waals surface area contributed by atoms with Gasteiger partial charge in [0.25, 0.3) is 5.69 Å². The minimum atomic E-state index is -0.485. The van der Waals surface area contributed by atoms with Crippen molar-refractivity contribution in [2.24, 2.45) is 4.99 Å². The first-order chi connectivity index (χ1) is 11.9. The number of non-ortho nitro benzene ring substituents is 1. The third-order valence-corrected chi connectivity index (χ3v) is 3.66. The van der Waals surface area contributed by atoms with Gasteiger partial charge >= 0.3 is 5.95 Å². The first-order valence-corrected chi connectivity index (χ1v) is 7.50. The third kappa shape index (κ3) is 3.55. The second kappa shape index (κ2) is 6.56. The number of rotatable bonds is 4. The van der Waals surface area contributed by atoms with Crippen LogP contribution in [0, 0.1) is 24.0 Å². The predicted octanol–water partition coefficient (Wildman–Crippen LogP) is 4.32. The Morgan fingerprint density at radius 1 is 1.20 bits per heavy atom. The number of benzene rings is 2. The van der Waals surface area contributed by atoms with Gasteiger partial charge in [0.05, 0.1) is 16.8 Å². The molecule has 0 amide bonds. The molecule has 0 fully saturated rings. The SMILES string of the molecule is Cc1ccc(-c2nc(C=Nc3cc([N+](=O)[O-])ccc3C)c(O)o2)cc1. The van der Waals surface area contributed by atoms with Crippen LogP contribution < -0.4 is 0 Å². The van der Waals surface area contributed by atoms with Gasteiger partial charge in [0.2, 0.25) is 5.89 Å². The molecule has 3 aromatic rings. The molecule has 3 rings (SSSR count). The summed E-state index contributed by atoms with van der Waals surface area (Å²) < 4.78 is 5.27. The standard InChI is InChI=1S/C18H15N3O4/c1-11-3-6-13(7-4-11)17-20-16(18(22)25-17)10-19-15-9-14(21(23)24)8-5-12(15)2/h3-10,22H,1-2H3. The molecule has 126 valence electrons. The fourth-order valence-electron chi connectivity index (χ4n) is 2.21. The fourth-order valence-corrected chi connectivity index (χ4v) is 2.21. The number of nitro groups is 1. The van der Waals surface area contributed by atoms with E-state index in [1.54, 1.807) is 13.0 Å². The Bertz CT molecular complexity index is 959. The number of nitrogens with zero attached hydrogens (tertiary/aromatic N) is 3. The van der Waals surface area contributed by atoms with Gasteiger partial charge in [-0.25, -0.2) is 4.98 Å². The van der Waals surface area contributed by atoms with E-state index in [9.17, 15) is 15.2 Å². The Labute approximate surface area is 143 Å². The van der Waals surface area contributed by atoms with Gasteiger partial charge < -0.3 is 9.52 Å². The van der Waals surface area contributed by atoms with Crippen LogP contribution in [0.5, 0.6) is 5.95 Å². The Kier molecular flexibility index (Phi) is 4.30. The average Bonchev–Trinajstić information content (AvgIpc) is 2.95. The van der Waals surface area contributed by atoms with Gasteiger partial charge in [-0.15, -0.1) is 0 Å². The average molecular weight is 337 g/mol. The summed E-state index contributed by atoms with van der Waals surface area (Å²) in [6.45, 7) is 3.76. The van der Waals surface area contributed by atoms with Crippen molar-refractivity contribution in [3.05, 3.63) is 69.4 Å². The molecule has 0 aliphatic rings. The molecule has 7 heteroatoms. The second-order valence-electron chi connectivity index (χ2n) is 5.56. The van der Waals surface area contributed by atoms with Gasteiger partial charge in [-0.1, -0.05) is 23.8 Å². The van der Waals surface area contributed by atoms with Crippen molar-refractivity contribution in [2.45, 2.75) is 13.8 Å². The highest BCUT2D eigenvalue weighted by Crippen LogP contribution is 2.28. The zero-order valence-corrected chi connectivity index (χ0v) is 13.6. The van der Waals surface area contributed by atoms with E-state index < -0.39 is 4.92 Å². The van der Waals surface area contributed by atoms with Crippen molar-refractivity contribution in [3.8, 4) is 17.4 Å². The maximum atomic E-state index is 10.9. The van der Waals surface area contributed by atoms with E-state index in [4.69, 9.17) is 4.42 Å². The minimum absolute atomic E-state index is 0.0533. The van der Waals surface area contributed by atoms with Crippen LogP contribution in [0.4, 0.5) is 11.4 Å². The molecule has 2 aromatic carbocycles. The molecular weight excluding hydrogens is 322 g/mol. The van der Waals surface area contributed by atoms with Crippen molar-refractivity contribution in [1.82, 2.24) is 4.98 Å². The molecule has 0 saturated carbocycles. The van der Waals surface area contributed by atoms with E-state index in [-0.39, 0.29) is 23.2 Å². The molecular formula is C18H15N3O4. The fraction of sp³-hybridized carbons (Fsp3) is 0.111. The van der Waals surface area contributed by atoms with Crippen LogP contribution in [-0.4, -0.2) is 21.2 Å². The van der Waals surface area contributed by atoms with Crippen LogP contribution in [-0.2, 0) is 0 Å². The Balaban J connectivity index is 1.91. The number of aryl methyl sites for hydroxylation is 2. The third-order valence-electron chi connectivity index (χ3n) is 3.66. The van der Waals surface area contributed by atoms with E-state index in [1.807, 2.05) is 31.2 Å². The van der Waals surface area contributed by atoms with Crippen LogP contribution in [0.25, 0.3) is 11.5 Å². The Morgan fingerprint density at radius 2 is 1.92 bits per heavy atom. The van der Waals surface area contributed by atoms with Gasteiger partial charge in [-0.3, -0.25) is 15.1 Å². The van der Waals surface area contributed by atoms with E-state index >= 15 is 0 Å². The van der Waals surface area contributed by atoms with E-state index in [2.05, 4.69) is 9.98 Å². The maximum Gasteiger partial charge on any atom is 0.312 e. The molecule has 0 spiro atoms. The number of aliphatic imine (C=N–C) groups is 1. The van der Waals surface area contributed by atoms with E-state index in [0.29, 0.717) is 5.69 Å². The predicted molar refractivity (Wildman–Crippen MR) is 93.4 cm³/mol. The van der Waals surface area contributed by atoms with Gasteiger partial charge in [-0.2, -0.15) is 0 Å². The normalized spacial score (nSPS) is 11.1. The molecule has 1 heterocycles. The first kappa shape index (κ1) is 16.4. The lowest BCUT2D eigenvalue weighted by Crippen LogP contribution is -1.88. The molecule has 0 radical (unpaired) electrons. The van der Waals surface area contributed by atoms with Gasteiger partial charge in [-0.05, 0) is 31.5 Å². The molecule has 0 saturated heterocycles. The Hall–Kier alpha value is -3.48. The van der Waals surface area contributed by atoms with Gasteiger partial charge in [0.1, 0.15) is 0 Å². The molecule has 25 heavy (non-hydrogen) atoms. The van der Waals surface area contributed by atoms with Crippen LogP contribution >= 0.6 is 0 Å². The summed E-state index contributed by atoms with van der Waals surface area (Å²) in [6, 6.07) is 11.9. The molecule has 0 atom stereocenters. The number of oxazole rings is 1. The number of hydrogen-bond donors (Lipinski definition) is 1. The summed E-state index contributed by atoms with van der Waals surface area (Å²) in [4.78, 5) is 18.8. The van der Waals surface area contributed by atoms with Crippen molar-refractivity contribution >= 4 is 17.6 Å². The summed E-state index contributed by atoms with van der Waals surface area (Å²) in [6.07, 6.45) is 1.32. The first-order valence-electron chi connectivity index (χ1n) is 7.50. The summed E-state index contributed by atoms with van der Waals surface area (Å²) in [5.41, 5.74) is 3.12. The zero-order valence-electron chi connectivity index (χ0n) is 13.6. The lowest BCUT2D eigenvalue weighted by Gasteiger charge is -1.99. The monoisotopic (exact) mass is 337 g/mol. The lowest BCUT2D eigenvalue weighted by atomic mass is 10.1. The van der Waals surface area contributed by atoms with Crippen LogP contribution in [0.1, 0.15) is 16.8 Å². The van der Waals surface area contributed by atoms with Crippen LogP contribution in [0.2, 0.25) is 0 Å². The lowest BCUT2D eigenvalue weighted by molar-refractivity contribution is -0.384. The van der Waals surface area contributed by atoms with Gasteiger partial charge in [0, 0.05) is 17.7 Å². The molecule has 1 N–H and O–H groups in total. The molecule has 7 nitrogen and oxygen atoms in total. The van der Waals surface area contributed by atoms with Crippen molar-refractivity contribution < 1.29 is 14.4 Å². The molecule has 0 bridgehead atoms. The maximum absolute atomic E-state index is 10.9. The van der Waals surface area contributed by atoms with Gasteiger partial charge in [0.15, 0.2) is 5.69 Å². The Morgan fingerprint density at radius 3 is 2.60 bits per heavy atom. The number of aromatic nitrogens is 1.